The zero-order chi connectivity index (χ0) is 28.3. The molecule has 1 aromatic heterocycles. The molecule has 0 spiro atoms. The Morgan fingerprint density at radius 2 is 1.56 bits per heavy atom. The predicted octanol–water partition coefficient (Wildman–Crippen LogP) is 7.53. The van der Waals surface area contributed by atoms with Crippen molar-refractivity contribution < 1.29 is 13.7 Å². The number of hydrogen-bond donors (Lipinski definition) is 1. The summed E-state index contributed by atoms with van der Waals surface area (Å²) in [6.45, 7) is 5.86. The molecule has 1 aromatic carbocycles. The lowest BCUT2D eigenvalue weighted by Crippen LogP contribution is -2.46. The highest BCUT2D eigenvalue weighted by molar-refractivity contribution is 7.84. The van der Waals surface area contributed by atoms with E-state index in [9.17, 15) is 9.00 Å². The molecule has 0 aliphatic carbocycles. The Balaban J connectivity index is 1.70. The summed E-state index contributed by atoms with van der Waals surface area (Å²) in [6, 6.07) is 13.9. The third-order valence-corrected chi connectivity index (χ3v) is 8.61. The zero-order valence-electron chi connectivity index (χ0n) is 24.6. The number of ether oxygens (including phenoxy) is 1. The van der Waals surface area contributed by atoms with Crippen LogP contribution in [0, 0.1) is 5.92 Å². The van der Waals surface area contributed by atoms with Crippen molar-refractivity contribution in [1.82, 2.24) is 9.71 Å². The van der Waals surface area contributed by atoms with Gasteiger partial charge in [0.25, 0.3) is 0 Å². The number of nitrogens with one attached hydrogen (secondary N) is 1. The summed E-state index contributed by atoms with van der Waals surface area (Å²) in [4.78, 5) is 17.0. The summed E-state index contributed by atoms with van der Waals surface area (Å²) in [5.41, 5.74) is 2.38. The molecule has 0 aliphatic rings. The molecule has 1 unspecified atom stereocenters. The highest BCUT2D eigenvalue weighted by atomic mass is 32.2. The average molecular weight is 555 g/mol. The topological polar surface area (TPSA) is 68.3 Å². The van der Waals surface area contributed by atoms with Crippen molar-refractivity contribution in [2.75, 3.05) is 7.11 Å². The highest BCUT2D eigenvalue weighted by Gasteiger charge is 2.32. The van der Waals surface area contributed by atoms with E-state index >= 15 is 0 Å². The number of carbonyl (C=O) groups excluding carboxylic acids is 1. The van der Waals surface area contributed by atoms with Gasteiger partial charge in [-0.05, 0) is 76.5 Å². The molecular weight excluding hydrogens is 504 g/mol. The number of aromatic nitrogens is 1. The number of benzene rings is 1. The standard InChI is InChI=1S/C33H50N2O3S/c1-33(2,3)39(37)35-31(30(32(36)38-4)26-28-20-16-14-17-21-28)24-18-13-11-9-7-5-6-8-10-12-15-22-29-23-19-25-34-27-29/h10,12,14,16-17,19-21,23,25,27,30-31,35H,5-9,11,13,15,18,22,24,26H2,1-4H3/b12-10-/t30-,31+,39?/m0/s1. The van der Waals surface area contributed by atoms with Crippen molar-refractivity contribution in [3.8, 4) is 0 Å². The van der Waals surface area contributed by atoms with Gasteiger partial charge in [-0.15, -0.1) is 0 Å². The minimum absolute atomic E-state index is 0.192. The summed E-state index contributed by atoms with van der Waals surface area (Å²) in [5, 5.41) is 0. The van der Waals surface area contributed by atoms with Crippen LogP contribution in [0.5, 0.6) is 0 Å². The van der Waals surface area contributed by atoms with Crippen molar-refractivity contribution in [3.63, 3.8) is 0 Å². The molecule has 0 fully saturated rings. The first-order valence-electron chi connectivity index (χ1n) is 14.6. The van der Waals surface area contributed by atoms with Gasteiger partial charge in [-0.2, -0.15) is 0 Å². The molecule has 0 aliphatic heterocycles. The minimum atomic E-state index is -1.26. The number of rotatable bonds is 19. The van der Waals surface area contributed by atoms with Gasteiger partial charge in [0.05, 0.1) is 28.8 Å². The van der Waals surface area contributed by atoms with Gasteiger partial charge in [0, 0.05) is 18.4 Å². The van der Waals surface area contributed by atoms with E-state index < -0.39 is 15.7 Å². The lowest BCUT2D eigenvalue weighted by molar-refractivity contribution is -0.146. The quantitative estimate of drug-likeness (QED) is 0.111. The Morgan fingerprint density at radius 1 is 0.923 bits per heavy atom. The van der Waals surface area contributed by atoms with Gasteiger partial charge in [0.2, 0.25) is 0 Å². The van der Waals surface area contributed by atoms with E-state index in [1.54, 1.807) is 0 Å². The molecule has 0 amide bonds. The molecule has 0 bridgehead atoms. The van der Waals surface area contributed by atoms with E-state index in [0.717, 1.165) is 44.1 Å². The van der Waals surface area contributed by atoms with E-state index in [1.165, 1.54) is 44.8 Å². The Kier molecular flexibility index (Phi) is 15.9. The molecule has 216 valence electrons. The molecule has 39 heavy (non-hydrogen) atoms. The monoisotopic (exact) mass is 554 g/mol. The maximum atomic E-state index is 13.0. The number of nitrogens with zero attached hydrogens (tertiary/aromatic N) is 1. The van der Waals surface area contributed by atoms with E-state index in [1.807, 2.05) is 69.6 Å². The first-order chi connectivity index (χ1) is 18.8. The molecule has 1 heterocycles. The van der Waals surface area contributed by atoms with Crippen molar-refractivity contribution >= 4 is 17.0 Å². The van der Waals surface area contributed by atoms with Gasteiger partial charge in [0.1, 0.15) is 0 Å². The molecule has 1 N–H and O–H groups in total. The third-order valence-electron chi connectivity index (χ3n) is 6.98. The fourth-order valence-electron chi connectivity index (χ4n) is 4.61. The summed E-state index contributed by atoms with van der Waals surface area (Å²) in [7, 11) is 0.184. The average Bonchev–Trinajstić information content (AvgIpc) is 2.93. The van der Waals surface area contributed by atoms with Crippen molar-refractivity contribution in [3.05, 3.63) is 78.1 Å². The van der Waals surface area contributed by atoms with Crippen LogP contribution in [0.2, 0.25) is 0 Å². The minimum Gasteiger partial charge on any atom is -0.469 e. The normalized spacial score (nSPS) is 14.3. The van der Waals surface area contributed by atoms with Crippen LogP contribution < -0.4 is 4.72 Å². The van der Waals surface area contributed by atoms with Gasteiger partial charge >= 0.3 is 5.97 Å². The molecule has 2 aromatic rings. The summed E-state index contributed by atoms with van der Waals surface area (Å²) < 4.78 is 21.0. The number of methoxy groups -OCH3 is 1. The second-order valence-corrected chi connectivity index (χ2v) is 13.3. The maximum Gasteiger partial charge on any atom is 0.310 e. The van der Waals surface area contributed by atoms with Gasteiger partial charge in [-0.25, -0.2) is 8.93 Å². The summed E-state index contributed by atoms with van der Waals surface area (Å²) >= 11 is 0. The van der Waals surface area contributed by atoms with E-state index in [4.69, 9.17) is 4.74 Å². The number of aryl methyl sites for hydroxylation is 1. The lowest BCUT2D eigenvalue weighted by Gasteiger charge is -2.29. The largest absolute Gasteiger partial charge is 0.469 e. The van der Waals surface area contributed by atoms with Gasteiger partial charge < -0.3 is 4.74 Å². The number of esters is 1. The van der Waals surface area contributed by atoms with Crippen molar-refractivity contribution in [2.24, 2.45) is 5.92 Å². The van der Waals surface area contributed by atoms with E-state index in [0.29, 0.717) is 6.42 Å². The molecular formula is C33H50N2O3S. The summed E-state index contributed by atoms with van der Waals surface area (Å²) in [6.07, 6.45) is 21.4. The third kappa shape index (κ3) is 14.1. The SMILES string of the molecule is COC(=O)[C@@H](Cc1ccccc1)[C@@H](CCCCCCCCC/C=C\CCc1cccnc1)NS(=O)C(C)(C)C. The maximum absolute atomic E-state index is 13.0. The molecule has 2 rings (SSSR count). The van der Waals surface area contributed by atoms with Crippen molar-refractivity contribution in [1.29, 1.82) is 0 Å². The molecule has 0 saturated heterocycles. The Labute approximate surface area is 239 Å². The first kappa shape index (κ1) is 32.9. The Hall–Kier alpha value is -2.31. The van der Waals surface area contributed by atoms with Crippen LogP contribution >= 0.6 is 0 Å². The number of pyridine rings is 1. The van der Waals surface area contributed by atoms with Crippen molar-refractivity contribution in [2.45, 2.75) is 109 Å². The number of allylic oxidation sites excluding steroid dienone is 2. The van der Waals surface area contributed by atoms with E-state index in [-0.39, 0.29) is 17.9 Å². The first-order valence-corrected chi connectivity index (χ1v) is 15.8. The van der Waals surface area contributed by atoms with Gasteiger partial charge in [-0.3, -0.25) is 9.78 Å². The predicted molar refractivity (Wildman–Crippen MR) is 164 cm³/mol. The van der Waals surface area contributed by atoms with Crippen LogP contribution in [-0.4, -0.2) is 33.1 Å². The van der Waals surface area contributed by atoms with Gasteiger partial charge in [-0.1, -0.05) is 87.1 Å². The second-order valence-electron chi connectivity index (χ2n) is 11.3. The van der Waals surface area contributed by atoms with Crippen LogP contribution in [0.1, 0.15) is 96.1 Å². The number of unbranched alkanes of at least 4 members (excludes halogenated alkanes) is 7. The fraction of sp³-hybridized carbons (Fsp3) is 0.576. The highest BCUT2D eigenvalue weighted by Crippen LogP contribution is 2.22. The number of carbonyl (C=O) groups is 1. The van der Waals surface area contributed by atoms with Crippen LogP contribution in [-0.2, 0) is 33.4 Å². The number of hydrogen-bond acceptors (Lipinski definition) is 4. The Bertz CT molecular complexity index is 973. The Morgan fingerprint density at radius 3 is 2.21 bits per heavy atom. The van der Waals surface area contributed by atoms with Gasteiger partial charge in [0.15, 0.2) is 0 Å². The molecule has 3 atom stereocenters. The summed E-state index contributed by atoms with van der Waals surface area (Å²) in [5.74, 6) is -0.616. The molecule has 0 radical (unpaired) electrons. The van der Waals surface area contributed by atoms with Crippen LogP contribution in [0.25, 0.3) is 0 Å². The zero-order valence-corrected chi connectivity index (χ0v) is 25.4. The fourth-order valence-corrected chi connectivity index (χ4v) is 5.52. The smallest absolute Gasteiger partial charge is 0.310 e. The molecule has 0 saturated carbocycles. The molecule has 5 nitrogen and oxygen atoms in total. The molecule has 6 heteroatoms. The van der Waals surface area contributed by atoms with E-state index in [2.05, 4.69) is 27.9 Å². The van der Waals surface area contributed by atoms with Crippen LogP contribution in [0.4, 0.5) is 0 Å². The lowest BCUT2D eigenvalue weighted by atomic mass is 9.89. The van der Waals surface area contributed by atoms with Crippen LogP contribution in [0.3, 0.4) is 0 Å². The second kappa shape index (κ2) is 18.9. The van der Waals surface area contributed by atoms with Crippen LogP contribution in [0.15, 0.2) is 67.0 Å².